The highest BCUT2D eigenvalue weighted by molar-refractivity contribution is 7.09. The molecule has 0 atom stereocenters. The SMILES string of the molecule is O=C(Cc1csc(Cc2ccccc2)n1)Nc1ccccc1C(=O)NCc1ccco1. The van der Waals surface area contributed by atoms with Crippen LogP contribution in [-0.2, 0) is 24.2 Å². The van der Waals surface area contributed by atoms with Gasteiger partial charge in [0.2, 0.25) is 5.91 Å². The number of carbonyl (C=O) groups is 2. The van der Waals surface area contributed by atoms with Gasteiger partial charge in [0.25, 0.3) is 5.91 Å². The lowest BCUT2D eigenvalue weighted by atomic mass is 10.1. The molecule has 0 aliphatic rings. The first kappa shape index (κ1) is 20.6. The van der Waals surface area contributed by atoms with E-state index in [0.29, 0.717) is 22.7 Å². The Balaban J connectivity index is 1.36. The van der Waals surface area contributed by atoms with Gasteiger partial charge >= 0.3 is 0 Å². The van der Waals surface area contributed by atoms with Crippen LogP contribution in [0.1, 0.15) is 32.4 Å². The van der Waals surface area contributed by atoms with Crippen LogP contribution in [0, 0.1) is 0 Å². The Morgan fingerprint density at radius 2 is 1.77 bits per heavy atom. The fourth-order valence-electron chi connectivity index (χ4n) is 3.11. The smallest absolute Gasteiger partial charge is 0.253 e. The van der Waals surface area contributed by atoms with Gasteiger partial charge in [0.05, 0.1) is 41.2 Å². The molecule has 6 nitrogen and oxygen atoms in total. The molecule has 2 aromatic heterocycles. The third kappa shape index (κ3) is 5.67. The van der Waals surface area contributed by atoms with Crippen molar-refractivity contribution in [1.82, 2.24) is 10.3 Å². The van der Waals surface area contributed by atoms with E-state index in [4.69, 9.17) is 4.42 Å². The summed E-state index contributed by atoms with van der Waals surface area (Å²) in [5, 5.41) is 8.50. The molecule has 0 aliphatic heterocycles. The summed E-state index contributed by atoms with van der Waals surface area (Å²) in [6, 6.07) is 20.6. The van der Waals surface area contributed by atoms with Crippen LogP contribution in [0.2, 0.25) is 0 Å². The van der Waals surface area contributed by atoms with Crippen molar-refractivity contribution < 1.29 is 14.0 Å². The monoisotopic (exact) mass is 431 g/mol. The predicted octanol–water partition coefficient (Wildman–Crippen LogP) is 4.44. The Bertz CT molecular complexity index is 1150. The highest BCUT2D eigenvalue weighted by Gasteiger charge is 2.15. The van der Waals surface area contributed by atoms with Gasteiger partial charge in [0.15, 0.2) is 0 Å². The molecule has 0 bridgehead atoms. The average molecular weight is 432 g/mol. The van der Waals surface area contributed by atoms with Crippen molar-refractivity contribution in [3.05, 3.63) is 106 Å². The largest absolute Gasteiger partial charge is 0.467 e. The lowest BCUT2D eigenvalue weighted by molar-refractivity contribution is -0.115. The molecule has 31 heavy (non-hydrogen) atoms. The lowest BCUT2D eigenvalue weighted by Crippen LogP contribution is -2.25. The molecule has 4 rings (SSSR count). The minimum absolute atomic E-state index is 0.146. The van der Waals surface area contributed by atoms with E-state index in [-0.39, 0.29) is 24.8 Å². The van der Waals surface area contributed by atoms with Crippen LogP contribution in [0.5, 0.6) is 0 Å². The van der Waals surface area contributed by atoms with Gasteiger partial charge in [-0.05, 0) is 29.8 Å². The summed E-state index contributed by atoms with van der Waals surface area (Å²) in [6.07, 6.45) is 2.44. The molecule has 4 aromatic rings. The third-order valence-electron chi connectivity index (χ3n) is 4.59. The number of thiazole rings is 1. The van der Waals surface area contributed by atoms with Gasteiger partial charge in [-0.15, -0.1) is 11.3 Å². The predicted molar refractivity (Wildman–Crippen MR) is 120 cm³/mol. The second kappa shape index (κ2) is 9.86. The first-order valence-corrected chi connectivity index (χ1v) is 10.7. The lowest BCUT2D eigenvalue weighted by Gasteiger charge is -2.10. The normalized spacial score (nSPS) is 10.6. The fourth-order valence-corrected chi connectivity index (χ4v) is 3.93. The maximum absolute atomic E-state index is 12.6. The first-order chi connectivity index (χ1) is 15.2. The minimum atomic E-state index is -0.286. The summed E-state index contributed by atoms with van der Waals surface area (Å²) < 4.78 is 5.23. The van der Waals surface area contributed by atoms with E-state index >= 15 is 0 Å². The molecule has 0 unspecified atom stereocenters. The molecule has 0 saturated heterocycles. The Kier molecular flexibility index (Phi) is 6.54. The van der Waals surface area contributed by atoms with Crippen LogP contribution < -0.4 is 10.6 Å². The Morgan fingerprint density at radius 1 is 0.968 bits per heavy atom. The van der Waals surface area contributed by atoms with Crippen molar-refractivity contribution >= 4 is 28.8 Å². The van der Waals surface area contributed by atoms with Crippen molar-refractivity contribution in [2.24, 2.45) is 0 Å². The first-order valence-electron chi connectivity index (χ1n) is 9.84. The van der Waals surface area contributed by atoms with Crippen LogP contribution in [-0.4, -0.2) is 16.8 Å². The molecular formula is C24H21N3O3S. The number of hydrogen-bond donors (Lipinski definition) is 2. The zero-order valence-electron chi connectivity index (χ0n) is 16.7. The molecule has 0 spiro atoms. The number of nitrogens with one attached hydrogen (secondary N) is 2. The zero-order valence-corrected chi connectivity index (χ0v) is 17.5. The number of para-hydroxylation sites is 1. The molecular weight excluding hydrogens is 410 g/mol. The molecule has 2 aromatic carbocycles. The number of amides is 2. The van der Waals surface area contributed by atoms with E-state index in [1.165, 1.54) is 5.56 Å². The van der Waals surface area contributed by atoms with Gasteiger partial charge in [-0.25, -0.2) is 4.98 Å². The van der Waals surface area contributed by atoms with Gasteiger partial charge in [0.1, 0.15) is 5.76 Å². The standard InChI is InChI=1S/C24H21N3O3S/c28-22(14-18-16-31-23(26-18)13-17-7-2-1-3-8-17)27-21-11-5-4-10-20(21)24(29)25-15-19-9-6-12-30-19/h1-12,16H,13-15H2,(H,25,29)(H,27,28). The molecule has 2 N–H and O–H groups in total. The molecule has 0 radical (unpaired) electrons. The van der Waals surface area contributed by atoms with Crippen LogP contribution in [0.4, 0.5) is 5.69 Å². The van der Waals surface area contributed by atoms with Crippen molar-refractivity contribution in [1.29, 1.82) is 0 Å². The third-order valence-corrected chi connectivity index (χ3v) is 5.49. The topological polar surface area (TPSA) is 84.2 Å². The second-order valence-electron chi connectivity index (χ2n) is 6.93. The van der Waals surface area contributed by atoms with Crippen LogP contribution in [0.3, 0.4) is 0 Å². The maximum Gasteiger partial charge on any atom is 0.253 e. The maximum atomic E-state index is 12.6. The van der Waals surface area contributed by atoms with Crippen LogP contribution in [0.25, 0.3) is 0 Å². The average Bonchev–Trinajstić information content (AvgIpc) is 3.45. The van der Waals surface area contributed by atoms with E-state index in [9.17, 15) is 9.59 Å². The number of rotatable bonds is 8. The second-order valence-corrected chi connectivity index (χ2v) is 7.87. The van der Waals surface area contributed by atoms with Gasteiger partial charge < -0.3 is 15.1 Å². The number of hydrogen-bond acceptors (Lipinski definition) is 5. The highest BCUT2D eigenvalue weighted by Crippen LogP contribution is 2.18. The molecule has 0 saturated carbocycles. The van der Waals surface area contributed by atoms with Gasteiger partial charge in [-0.2, -0.15) is 0 Å². The molecule has 156 valence electrons. The molecule has 2 amide bonds. The van der Waals surface area contributed by atoms with E-state index in [1.54, 1.807) is 54.0 Å². The quantitative estimate of drug-likeness (QED) is 0.432. The van der Waals surface area contributed by atoms with E-state index in [0.717, 1.165) is 11.4 Å². The van der Waals surface area contributed by atoms with E-state index < -0.39 is 0 Å². The van der Waals surface area contributed by atoms with E-state index in [2.05, 4.69) is 27.8 Å². The number of anilines is 1. The number of nitrogens with zero attached hydrogens (tertiary/aromatic N) is 1. The van der Waals surface area contributed by atoms with Crippen LogP contribution >= 0.6 is 11.3 Å². The molecule has 7 heteroatoms. The highest BCUT2D eigenvalue weighted by atomic mass is 32.1. The summed E-state index contributed by atoms with van der Waals surface area (Å²) in [7, 11) is 0. The van der Waals surface area contributed by atoms with E-state index in [1.807, 2.05) is 23.6 Å². The van der Waals surface area contributed by atoms with Crippen LogP contribution in [0.15, 0.2) is 82.8 Å². The fraction of sp³-hybridized carbons (Fsp3) is 0.125. The summed E-state index contributed by atoms with van der Waals surface area (Å²) >= 11 is 1.54. The number of benzene rings is 2. The number of aromatic nitrogens is 1. The number of furan rings is 1. The van der Waals surface area contributed by atoms with Crippen molar-refractivity contribution in [2.45, 2.75) is 19.4 Å². The number of carbonyl (C=O) groups excluding carboxylic acids is 2. The Labute approximate surface area is 184 Å². The zero-order chi connectivity index (χ0) is 21.5. The van der Waals surface area contributed by atoms with Crippen molar-refractivity contribution in [3.63, 3.8) is 0 Å². The van der Waals surface area contributed by atoms with Gasteiger partial charge in [-0.1, -0.05) is 42.5 Å². The summed E-state index contributed by atoms with van der Waals surface area (Å²) in [5.74, 6) is 0.152. The summed E-state index contributed by atoms with van der Waals surface area (Å²) in [4.78, 5) is 29.7. The minimum Gasteiger partial charge on any atom is -0.467 e. The molecule has 2 heterocycles. The van der Waals surface area contributed by atoms with Gasteiger partial charge in [-0.3, -0.25) is 9.59 Å². The Hall–Kier alpha value is -3.71. The molecule has 0 aliphatic carbocycles. The summed E-state index contributed by atoms with van der Waals surface area (Å²) in [6.45, 7) is 0.275. The molecule has 0 fully saturated rings. The van der Waals surface area contributed by atoms with Crippen molar-refractivity contribution in [2.75, 3.05) is 5.32 Å². The van der Waals surface area contributed by atoms with Crippen molar-refractivity contribution in [3.8, 4) is 0 Å². The Morgan fingerprint density at radius 3 is 2.58 bits per heavy atom. The van der Waals surface area contributed by atoms with Gasteiger partial charge in [0, 0.05) is 11.8 Å². The summed E-state index contributed by atoms with van der Waals surface area (Å²) in [5.41, 5.74) is 2.75.